The Kier molecular flexibility index (Phi) is 7.61. The average molecular weight is 524 g/mol. The third kappa shape index (κ3) is 5.72. The summed E-state index contributed by atoms with van der Waals surface area (Å²) < 4.78 is 169. The number of benzene rings is 2. The smallest absolute Gasteiger partial charge is 0.170 e. The Balaban J connectivity index is 3.25. The number of hydrogen-bond acceptors (Lipinski definition) is 0. The van der Waals surface area contributed by atoms with Gasteiger partial charge in [0.15, 0.2) is 11.8 Å². The van der Waals surface area contributed by atoms with Crippen LogP contribution in [-0.2, 0) is 5.41 Å². The van der Waals surface area contributed by atoms with Crippen LogP contribution < -0.4 is 0 Å². The number of alkyl halides is 12. The van der Waals surface area contributed by atoms with Crippen LogP contribution in [-0.4, -0.2) is 24.7 Å². The highest BCUT2D eigenvalue weighted by atomic mass is 19.4. The van der Waals surface area contributed by atoms with E-state index in [1.807, 2.05) is 0 Å². The quantitative estimate of drug-likeness (QED) is 0.343. The first-order chi connectivity index (χ1) is 15.6. The molecule has 0 nitrogen and oxygen atoms in total. The van der Waals surface area contributed by atoms with E-state index in [1.165, 1.54) is 6.92 Å². The second-order valence-electron chi connectivity index (χ2n) is 8.54. The van der Waals surface area contributed by atoms with Gasteiger partial charge in [0, 0.05) is 0 Å². The Hall–Kier alpha value is -2.40. The summed E-state index contributed by atoms with van der Waals surface area (Å²) in [6.45, 7) is 4.47. The lowest BCUT2D eigenvalue weighted by Gasteiger charge is -2.48. The first-order valence-electron chi connectivity index (χ1n) is 10.1. The van der Waals surface area contributed by atoms with E-state index >= 15 is 0 Å². The molecule has 0 saturated carbocycles. The van der Waals surface area contributed by atoms with Gasteiger partial charge in [-0.1, -0.05) is 67.9 Å². The van der Waals surface area contributed by atoms with Crippen molar-refractivity contribution in [2.24, 2.45) is 11.8 Å². The molecule has 2 aromatic carbocycles. The standard InChI is InChI=1S/C23H20F12/c1-12(2)14-6-10-16(11-7-14)19(15-8-4-13(3)5-9-15,17(20(24,25)26)21(27,28)29)18(22(30,31)32)23(33,34)35/h4-12,17-18H,1-3H3. The maximum Gasteiger partial charge on any atom is 0.401 e. The molecule has 0 aromatic heterocycles. The lowest BCUT2D eigenvalue weighted by Crippen LogP contribution is -2.62. The normalized spacial score (nSPS) is 14.3. The maximum atomic E-state index is 14.1. The van der Waals surface area contributed by atoms with Crippen molar-refractivity contribution < 1.29 is 52.7 Å². The predicted molar refractivity (Wildman–Crippen MR) is 104 cm³/mol. The van der Waals surface area contributed by atoms with E-state index in [0.29, 0.717) is 24.3 Å². The van der Waals surface area contributed by atoms with Gasteiger partial charge in [0.1, 0.15) is 0 Å². The monoisotopic (exact) mass is 524 g/mol. The van der Waals surface area contributed by atoms with Gasteiger partial charge < -0.3 is 0 Å². The van der Waals surface area contributed by atoms with E-state index in [-0.39, 0.29) is 17.0 Å². The number of hydrogen-bond donors (Lipinski definition) is 0. The van der Waals surface area contributed by atoms with Crippen molar-refractivity contribution in [3.8, 4) is 0 Å². The Morgan fingerprint density at radius 1 is 0.486 bits per heavy atom. The summed E-state index contributed by atoms with van der Waals surface area (Å²) in [7, 11) is 0. The molecule has 0 N–H and O–H groups in total. The number of halogens is 12. The molecule has 2 aromatic rings. The van der Waals surface area contributed by atoms with E-state index in [9.17, 15) is 52.7 Å². The van der Waals surface area contributed by atoms with Crippen LogP contribution in [0.5, 0.6) is 0 Å². The van der Waals surface area contributed by atoms with Crippen LogP contribution in [0.4, 0.5) is 52.7 Å². The van der Waals surface area contributed by atoms with Crippen molar-refractivity contribution in [3.63, 3.8) is 0 Å². The van der Waals surface area contributed by atoms with Crippen LogP contribution in [0.15, 0.2) is 48.5 Å². The molecular formula is C23H20F12. The van der Waals surface area contributed by atoms with Crippen molar-refractivity contribution in [2.45, 2.75) is 56.8 Å². The molecule has 0 bridgehead atoms. The highest BCUT2D eigenvalue weighted by Gasteiger charge is 2.78. The summed E-state index contributed by atoms with van der Waals surface area (Å²) in [4.78, 5) is 0. The molecule has 0 fully saturated rings. The van der Waals surface area contributed by atoms with Gasteiger partial charge in [0.05, 0.1) is 5.41 Å². The van der Waals surface area contributed by atoms with Gasteiger partial charge in [-0.25, -0.2) is 0 Å². The van der Waals surface area contributed by atoms with Gasteiger partial charge in [0.25, 0.3) is 0 Å². The van der Waals surface area contributed by atoms with Crippen molar-refractivity contribution in [1.29, 1.82) is 0 Å². The van der Waals surface area contributed by atoms with Crippen LogP contribution in [0, 0.1) is 18.8 Å². The van der Waals surface area contributed by atoms with E-state index in [2.05, 4.69) is 0 Å². The van der Waals surface area contributed by atoms with Crippen molar-refractivity contribution >= 4 is 0 Å². The van der Waals surface area contributed by atoms with Gasteiger partial charge >= 0.3 is 24.7 Å². The molecule has 2 rings (SSSR count). The third-order valence-corrected chi connectivity index (χ3v) is 5.80. The minimum atomic E-state index is -6.53. The molecule has 0 amide bonds. The summed E-state index contributed by atoms with van der Waals surface area (Å²) in [5, 5.41) is 0. The lowest BCUT2D eigenvalue weighted by atomic mass is 9.57. The Morgan fingerprint density at radius 3 is 1.03 bits per heavy atom. The largest absolute Gasteiger partial charge is 0.401 e. The molecule has 0 unspecified atom stereocenters. The van der Waals surface area contributed by atoms with Crippen LogP contribution in [0.3, 0.4) is 0 Å². The molecule has 0 spiro atoms. The van der Waals surface area contributed by atoms with Gasteiger partial charge in [0.2, 0.25) is 0 Å². The minimum absolute atomic E-state index is 0.198. The predicted octanol–water partition coefficient (Wildman–Crippen LogP) is 8.89. The van der Waals surface area contributed by atoms with E-state index in [1.54, 1.807) is 13.8 Å². The zero-order chi connectivity index (χ0) is 27.2. The van der Waals surface area contributed by atoms with E-state index in [0.717, 1.165) is 24.3 Å². The summed E-state index contributed by atoms with van der Waals surface area (Å²) in [6.07, 6.45) is -26.1. The molecule has 0 heterocycles. The fourth-order valence-corrected chi connectivity index (χ4v) is 4.38. The number of rotatable bonds is 5. The third-order valence-electron chi connectivity index (χ3n) is 5.80. The molecule has 0 atom stereocenters. The van der Waals surface area contributed by atoms with Gasteiger partial charge in [-0.05, 0) is 29.5 Å². The SMILES string of the molecule is Cc1ccc(C(c2ccc(C(C)C)cc2)(C(C(F)(F)F)C(F)(F)F)C(C(F)(F)F)C(F)(F)F)cc1. The molecule has 0 saturated heterocycles. The maximum absolute atomic E-state index is 14.1. The Bertz CT molecular complexity index is 914. The molecule has 0 aliphatic carbocycles. The molecular weight excluding hydrogens is 504 g/mol. The first kappa shape index (κ1) is 28.8. The Labute approximate surface area is 192 Å². The first-order valence-corrected chi connectivity index (χ1v) is 10.1. The molecule has 0 aliphatic heterocycles. The van der Waals surface area contributed by atoms with Crippen molar-refractivity contribution in [3.05, 3.63) is 70.8 Å². The Morgan fingerprint density at radius 2 is 0.771 bits per heavy atom. The van der Waals surface area contributed by atoms with Crippen LogP contribution in [0.2, 0.25) is 0 Å². The molecule has 12 heteroatoms. The summed E-state index contributed by atoms with van der Waals surface area (Å²) >= 11 is 0. The molecule has 0 radical (unpaired) electrons. The number of aryl methyl sites for hydroxylation is 1. The van der Waals surface area contributed by atoms with Gasteiger partial charge in [-0.2, -0.15) is 52.7 Å². The summed E-state index contributed by atoms with van der Waals surface area (Å²) in [6, 6.07) is 5.42. The average Bonchev–Trinajstić information content (AvgIpc) is 2.63. The second-order valence-corrected chi connectivity index (χ2v) is 8.54. The van der Waals surface area contributed by atoms with Gasteiger partial charge in [-0.3, -0.25) is 0 Å². The molecule has 196 valence electrons. The lowest BCUT2D eigenvalue weighted by molar-refractivity contribution is -0.350. The zero-order valence-electron chi connectivity index (χ0n) is 18.4. The minimum Gasteiger partial charge on any atom is -0.170 e. The zero-order valence-corrected chi connectivity index (χ0v) is 18.4. The van der Waals surface area contributed by atoms with Crippen LogP contribution in [0.1, 0.15) is 42.0 Å². The van der Waals surface area contributed by atoms with Crippen molar-refractivity contribution in [2.75, 3.05) is 0 Å². The van der Waals surface area contributed by atoms with Gasteiger partial charge in [-0.15, -0.1) is 0 Å². The highest BCUT2D eigenvalue weighted by molar-refractivity contribution is 5.46. The second kappa shape index (κ2) is 9.24. The molecule has 0 aliphatic rings. The summed E-state index contributed by atoms with van der Waals surface area (Å²) in [5.41, 5.74) is -7.01. The van der Waals surface area contributed by atoms with Crippen molar-refractivity contribution in [1.82, 2.24) is 0 Å². The fraction of sp³-hybridized carbons (Fsp3) is 0.478. The van der Waals surface area contributed by atoms with Crippen LogP contribution >= 0.6 is 0 Å². The topological polar surface area (TPSA) is 0 Å². The van der Waals surface area contributed by atoms with E-state index in [4.69, 9.17) is 0 Å². The fourth-order valence-electron chi connectivity index (χ4n) is 4.38. The van der Waals surface area contributed by atoms with E-state index < -0.39 is 53.1 Å². The van der Waals surface area contributed by atoms with Crippen LogP contribution in [0.25, 0.3) is 0 Å². The summed E-state index contributed by atoms with van der Waals surface area (Å²) in [5.74, 6) is -10.4. The molecule has 35 heavy (non-hydrogen) atoms. The highest BCUT2D eigenvalue weighted by Crippen LogP contribution is 2.63.